The molecule has 0 bridgehead atoms. The summed E-state index contributed by atoms with van der Waals surface area (Å²) in [5.74, 6) is 2.80. The summed E-state index contributed by atoms with van der Waals surface area (Å²) >= 11 is 0. The fourth-order valence-corrected chi connectivity index (χ4v) is 2.62. The van der Waals surface area contributed by atoms with E-state index in [1.54, 1.807) is 33.6 Å². The first-order valence-electron chi connectivity index (χ1n) is 8.37. The lowest BCUT2D eigenvalue weighted by Crippen LogP contribution is -2.02. The molecule has 140 valence electrons. The average molecular weight is 366 g/mol. The maximum absolute atomic E-state index is 5.38. The van der Waals surface area contributed by atoms with Crippen molar-refractivity contribution in [3.8, 4) is 17.2 Å². The first-order chi connectivity index (χ1) is 13.1. The number of nitrogens with one attached hydrogen (secondary N) is 2. The predicted octanol–water partition coefficient (Wildman–Crippen LogP) is 4.30. The van der Waals surface area contributed by atoms with E-state index >= 15 is 0 Å². The Morgan fingerprint density at radius 2 is 1.56 bits per heavy atom. The summed E-state index contributed by atoms with van der Waals surface area (Å²) in [6.07, 6.45) is 1.69. The van der Waals surface area contributed by atoms with E-state index in [0.717, 1.165) is 16.9 Å². The quantitative estimate of drug-likeness (QED) is 0.645. The van der Waals surface area contributed by atoms with Gasteiger partial charge < -0.3 is 24.8 Å². The van der Waals surface area contributed by atoms with Crippen LogP contribution in [0.5, 0.6) is 17.2 Å². The second-order valence-corrected chi connectivity index (χ2v) is 5.74. The minimum absolute atomic E-state index is 0.502. The van der Waals surface area contributed by atoms with Gasteiger partial charge in [-0.2, -0.15) is 4.98 Å². The molecule has 3 rings (SSSR count). The van der Waals surface area contributed by atoms with Crippen LogP contribution in [-0.4, -0.2) is 31.3 Å². The molecule has 0 unspecified atom stereocenters. The SMILES string of the molecule is COc1cc(Nc2ccnc(Nc3ccccc3C)n2)cc(OC)c1OC. The van der Waals surface area contributed by atoms with Gasteiger partial charge in [0, 0.05) is 29.7 Å². The second-order valence-electron chi connectivity index (χ2n) is 5.74. The summed E-state index contributed by atoms with van der Waals surface area (Å²) in [5, 5.41) is 6.47. The van der Waals surface area contributed by atoms with Crippen LogP contribution in [-0.2, 0) is 0 Å². The molecular weight excluding hydrogens is 344 g/mol. The lowest BCUT2D eigenvalue weighted by atomic mass is 10.2. The standard InChI is InChI=1S/C20H22N4O3/c1-13-7-5-6-8-15(13)23-20-21-10-9-18(24-20)22-14-11-16(25-2)19(27-4)17(12-14)26-3/h5-12H,1-4H3,(H2,21,22,23,24). The maximum atomic E-state index is 5.38. The van der Waals surface area contributed by atoms with Crippen LogP contribution in [0, 0.1) is 6.92 Å². The van der Waals surface area contributed by atoms with E-state index in [4.69, 9.17) is 14.2 Å². The molecule has 0 aliphatic heterocycles. The predicted molar refractivity (Wildman–Crippen MR) is 106 cm³/mol. The van der Waals surface area contributed by atoms with Gasteiger partial charge in [0.2, 0.25) is 11.7 Å². The Morgan fingerprint density at radius 3 is 2.19 bits per heavy atom. The second kappa shape index (κ2) is 8.27. The van der Waals surface area contributed by atoms with E-state index in [1.165, 1.54) is 0 Å². The highest BCUT2D eigenvalue weighted by molar-refractivity contribution is 5.67. The molecule has 27 heavy (non-hydrogen) atoms. The van der Waals surface area contributed by atoms with Crippen LogP contribution in [0.25, 0.3) is 0 Å². The molecule has 0 saturated carbocycles. The van der Waals surface area contributed by atoms with Gasteiger partial charge in [-0.15, -0.1) is 0 Å². The lowest BCUT2D eigenvalue weighted by molar-refractivity contribution is 0.324. The van der Waals surface area contributed by atoms with Crippen LogP contribution in [0.2, 0.25) is 0 Å². The molecule has 2 aromatic carbocycles. The van der Waals surface area contributed by atoms with Crippen molar-refractivity contribution in [2.75, 3.05) is 32.0 Å². The van der Waals surface area contributed by atoms with E-state index in [0.29, 0.717) is 29.0 Å². The molecule has 0 saturated heterocycles. The minimum atomic E-state index is 0.502. The van der Waals surface area contributed by atoms with Crippen molar-refractivity contribution in [1.29, 1.82) is 0 Å². The number of hydrogen-bond acceptors (Lipinski definition) is 7. The fourth-order valence-electron chi connectivity index (χ4n) is 2.62. The topological polar surface area (TPSA) is 77.5 Å². The van der Waals surface area contributed by atoms with Crippen LogP contribution >= 0.6 is 0 Å². The maximum Gasteiger partial charge on any atom is 0.229 e. The Kier molecular flexibility index (Phi) is 5.61. The molecule has 1 aromatic heterocycles. The Morgan fingerprint density at radius 1 is 0.852 bits per heavy atom. The highest BCUT2D eigenvalue weighted by atomic mass is 16.5. The number of para-hydroxylation sites is 1. The third kappa shape index (κ3) is 4.20. The Balaban J connectivity index is 1.85. The molecule has 0 amide bonds. The van der Waals surface area contributed by atoms with Gasteiger partial charge in [0.05, 0.1) is 21.3 Å². The van der Waals surface area contributed by atoms with Crippen LogP contribution < -0.4 is 24.8 Å². The van der Waals surface area contributed by atoms with Gasteiger partial charge >= 0.3 is 0 Å². The fraction of sp³-hybridized carbons (Fsp3) is 0.200. The summed E-state index contributed by atoms with van der Waals surface area (Å²) in [5.41, 5.74) is 2.83. The molecule has 0 aliphatic rings. The summed E-state index contributed by atoms with van der Waals surface area (Å²) in [7, 11) is 4.73. The number of nitrogens with zero attached hydrogens (tertiary/aromatic N) is 2. The van der Waals surface area contributed by atoms with Gasteiger partial charge in [-0.25, -0.2) is 4.98 Å². The van der Waals surface area contributed by atoms with Gasteiger partial charge in [0.25, 0.3) is 0 Å². The number of aromatic nitrogens is 2. The molecule has 1 heterocycles. The minimum Gasteiger partial charge on any atom is -0.493 e. The van der Waals surface area contributed by atoms with Crippen LogP contribution in [0.15, 0.2) is 48.7 Å². The molecule has 0 aliphatic carbocycles. The smallest absolute Gasteiger partial charge is 0.229 e. The van der Waals surface area contributed by atoms with Gasteiger partial charge in [0.15, 0.2) is 11.5 Å². The molecule has 0 atom stereocenters. The van der Waals surface area contributed by atoms with E-state index in [9.17, 15) is 0 Å². The van der Waals surface area contributed by atoms with Crippen molar-refractivity contribution < 1.29 is 14.2 Å². The average Bonchev–Trinajstić information content (AvgIpc) is 2.69. The van der Waals surface area contributed by atoms with E-state index in [1.807, 2.05) is 43.3 Å². The van der Waals surface area contributed by atoms with Gasteiger partial charge in [-0.3, -0.25) is 0 Å². The number of ether oxygens (including phenoxy) is 3. The van der Waals surface area contributed by atoms with Gasteiger partial charge in [-0.05, 0) is 24.6 Å². The van der Waals surface area contributed by atoms with Crippen molar-refractivity contribution in [2.45, 2.75) is 6.92 Å². The molecule has 0 radical (unpaired) electrons. The number of anilines is 4. The third-order valence-corrected chi connectivity index (χ3v) is 3.98. The number of rotatable bonds is 7. The van der Waals surface area contributed by atoms with Gasteiger partial charge in [0.1, 0.15) is 5.82 Å². The van der Waals surface area contributed by atoms with Crippen molar-refractivity contribution in [3.63, 3.8) is 0 Å². The highest BCUT2D eigenvalue weighted by Gasteiger charge is 2.13. The Bertz CT molecular complexity index is 906. The highest BCUT2D eigenvalue weighted by Crippen LogP contribution is 2.40. The van der Waals surface area contributed by atoms with Gasteiger partial charge in [-0.1, -0.05) is 18.2 Å². The van der Waals surface area contributed by atoms with E-state index in [2.05, 4.69) is 20.6 Å². The molecule has 0 fully saturated rings. The normalized spacial score (nSPS) is 10.2. The zero-order valence-electron chi connectivity index (χ0n) is 15.7. The molecule has 7 heteroatoms. The first kappa shape index (κ1) is 18.3. The largest absolute Gasteiger partial charge is 0.493 e. The molecule has 7 nitrogen and oxygen atoms in total. The van der Waals surface area contributed by atoms with Crippen LogP contribution in [0.1, 0.15) is 5.56 Å². The Labute approximate surface area is 158 Å². The van der Waals surface area contributed by atoms with Crippen molar-refractivity contribution in [2.24, 2.45) is 0 Å². The lowest BCUT2D eigenvalue weighted by Gasteiger charge is -2.15. The van der Waals surface area contributed by atoms with Crippen LogP contribution in [0.3, 0.4) is 0 Å². The number of benzene rings is 2. The summed E-state index contributed by atoms with van der Waals surface area (Å²) < 4.78 is 16.1. The van der Waals surface area contributed by atoms with Crippen LogP contribution in [0.4, 0.5) is 23.1 Å². The summed E-state index contributed by atoms with van der Waals surface area (Å²) in [6, 6.07) is 13.4. The van der Waals surface area contributed by atoms with Crippen molar-refractivity contribution >= 4 is 23.1 Å². The van der Waals surface area contributed by atoms with Crippen molar-refractivity contribution in [1.82, 2.24) is 9.97 Å². The Hall–Kier alpha value is -3.48. The van der Waals surface area contributed by atoms with E-state index < -0.39 is 0 Å². The molecular formula is C20H22N4O3. The van der Waals surface area contributed by atoms with E-state index in [-0.39, 0.29) is 0 Å². The molecule has 0 spiro atoms. The third-order valence-electron chi connectivity index (χ3n) is 3.98. The number of hydrogen-bond donors (Lipinski definition) is 2. The first-order valence-corrected chi connectivity index (χ1v) is 8.37. The summed E-state index contributed by atoms with van der Waals surface area (Å²) in [4.78, 5) is 8.79. The van der Waals surface area contributed by atoms with Crippen molar-refractivity contribution in [3.05, 3.63) is 54.2 Å². The zero-order chi connectivity index (χ0) is 19.2. The number of aryl methyl sites for hydroxylation is 1. The molecule has 2 N–H and O–H groups in total. The zero-order valence-corrected chi connectivity index (χ0v) is 15.7. The summed E-state index contributed by atoms with van der Waals surface area (Å²) in [6.45, 7) is 2.03. The number of methoxy groups -OCH3 is 3. The molecule has 3 aromatic rings. The monoisotopic (exact) mass is 366 g/mol.